The Hall–Kier alpha value is -1.22. The molecule has 2 amide bonds. The van der Waals surface area contributed by atoms with Crippen LogP contribution in [0.2, 0.25) is 0 Å². The van der Waals surface area contributed by atoms with Gasteiger partial charge in [-0.05, 0) is 25.7 Å². The molecule has 0 aromatic carbocycles. The maximum absolute atomic E-state index is 12.4. The van der Waals surface area contributed by atoms with Crippen LogP contribution in [0.25, 0.3) is 0 Å². The second-order valence-corrected chi connectivity index (χ2v) is 8.31. The molecule has 3 rings (SSSR count). The summed E-state index contributed by atoms with van der Waals surface area (Å²) in [6, 6.07) is 0. The highest BCUT2D eigenvalue weighted by Crippen LogP contribution is 2.29. The van der Waals surface area contributed by atoms with E-state index in [1.807, 2.05) is 0 Å². The molecule has 8 heteroatoms. The van der Waals surface area contributed by atoms with Crippen LogP contribution in [0.3, 0.4) is 0 Å². The third-order valence-corrected chi connectivity index (χ3v) is 6.34. The first-order valence-corrected chi connectivity index (χ1v) is 11.1. The van der Waals surface area contributed by atoms with Gasteiger partial charge in [0.05, 0.1) is 0 Å². The van der Waals surface area contributed by atoms with Gasteiger partial charge in [0.15, 0.2) is 0 Å². The number of carbonyl (C=O) groups is 2. The van der Waals surface area contributed by atoms with Crippen molar-refractivity contribution in [1.82, 2.24) is 31.1 Å². The summed E-state index contributed by atoms with van der Waals surface area (Å²) in [6.07, 6.45) is 3.31. The number of piperazine rings is 2. The van der Waals surface area contributed by atoms with Crippen molar-refractivity contribution in [3.63, 3.8) is 0 Å². The molecule has 0 bridgehead atoms. The predicted octanol–water partition coefficient (Wildman–Crippen LogP) is -1.16. The largest absolute Gasteiger partial charge is 0.355 e. The number of nitrogens with one attached hydrogen (secondary N) is 4. The summed E-state index contributed by atoms with van der Waals surface area (Å²) in [4.78, 5) is 29.6. The Bertz CT molecular complexity index is 439. The number of hydrogen-bond acceptors (Lipinski definition) is 6. The first-order chi connectivity index (χ1) is 13.7. The molecule has 28 heavy (non-hydrogen) atoms. The molecule has 4 N–H and O–H groups in total. The monoisotopic (exact) mass is 394 g/mol. The molecule has 8 nitrogen and oxygen atoms in total. The molecule has 0 aromatic rings. The molecule has 2 saturated heterocycles. The van der Waals surface area contributed by atoms with E-state index in [1.165, 1.54) is 0 Å². The fourth-order valence-corrected chi connectivity index (χ4v) is 4.45. The van der Waals surface area contributed by atoms with E-state index >= 15 is 0 Å². The lowest BCUT2D eigenvalue weighted by molar-refractivity contribution is -0.130. The highest BCUT2D eigenvalue weighted by molar-refractivity contribution is 5.81. The number of amides is 2. The van der Waals surface area contributed by atoms with Gasteiger partial charge in [0.1, 0.15) is 0 Å². The first kappa shape index (κ1) is 21.5. The van der Waals surface area contributed by atoms with E-state index in [4.69, 9.17) is 0 Å². The van der Waals surface area contributed by atoms with Crippen LogP contribution in [0.4, 0.5) is 0 Å². The van der Waals surface area contributed by atoms with E-state index in [9.17, 15) is 9.59 Å². The summed E-state index contributed by atoms with van der Waals surface area (Å²) in [7, 11) is 0. The van der Waals surface area contributed by atoms with Gasteiger partial charge < -0.3 is 21.3 Å². The average molecular weight is 395 g/mol. The molecular formula is C20H38N6O2. The Balaban J connectivity index is 1.25. The molecular weight excluding hydrogens is 356 g/mol. The molecule has 0 radical (unpaired) electrons. The normalized spacial score (nSPS) is 27.3. The van der Waals surface area contributed by atoms with Crippen LogP contribution >= 0.6 is 0 Å². The second kappa shape index (κ2) is 11.7. The number of nitrogens with zero attached hydrogens (tertiary/aromatic N) is 2. The van der Waals surface area contributed by atoms with Gasteiger partial charge in [0.25, 0.3) is 0 Å². The van der Waals surface area contributed by atoms with Crippen LogP contribution in [-0.4, -0.2) is 100 Å². The molecule has 0 spiro atoms. The summed E-state index contributed by atoms with van der Waals surface area (Å²) in [5.74, 6) is 0.501. The predicted molar refractivity (Wildman–Crippen MR) is 110 cm³/mol. The molecule has 0 atom stereocenters. The summed E-state index contributed by atoms with van der Waals surface area (Å²) >= 11 is 0. The zero-order valence-electron chi connectivity index (χ0n) is 17.2. The van der Waals surface area contributed by atoms with Crippen molar-refractivity contribution in [2.45, 2.75) is 25.7 Å². The average Bonchev–Trinajstić information content (AvgIpc) is 2.75. The van der Waals surface area contributed by atoms with Gasteiger partial charge in [-0.25, -0.2) is 0 Å². The smallest absolute Gasteiger partial charge is 0.223 e. The molecule has 2 aliphatic heterocycles. The van der Waals surface area contributed by atoms with Crippen LogP contribution < -0.4 is 21.3 Å². The van der Waals surface area contributed by atoms with Gasteiger partial charge in [-0.3, -0.25) is 19.4 Å². The lowest BCUT2D eigenvalue weighted by atomic mass is 9.81. The SMILES string of the molecule is O=C(NCCN1CCNCC1)C1CCC(C(=O)NCCN2CCNCC2)CC1. The van der Waals surface area contributed by atoms with Crippen LogP contribution in [-0.2, 0) is 9.59 Å². The standard InChI is InChI=1S/C20H38N6O2/c27-19(23-9-15-25-11-5-21-6-12-25)17-1-2-18(4-3-17)20(28)24-10-16-26-13-7-22-8-14-26/h17-18,21-22H,1-16H2,(H,23,27)(H,24,28). The van der Waals surface area contributed by atoms with E-state index in [0.29, 0.717) is 0 Å². The van der Waals surface area contributed by atoms with Gasteiger partial charge in [-0.2, -0.15) is 0 Å². The van der Waals surface area contributed by atoms with E-state index < -0.39 is 0 Å². The van der Waals surface area contributed by atoms with E-state index in [-0.39, 0.29) is 23.7 Å². The third kappa shape index (κ3) is 6.99. The molecule has 1 saturated carbocycles. The number of rotatable bonds is 8. The zero-order chi connectivity index (χ0) is 19.6. The maximum Gasteiger partial charge on any atom is 0.223 e. The fourth-order valence-electron chi connectivity index (χ4n) is 4.45. The van der Waals surface area contributed by atoms with Crippen molar-refractivity contribution in [2.24, 2.45) is 11.8 Å². The molecule has 2 heterocycles. The van der Waals surface area contributed by atoms with Crippen molar-refractivity contribution >= 4 is 11.8 Å². The Morgan fingerprint density at radius 3 is 1.39 bits per heavy atom. The van der Waals surface area contributed by atoms with Gasteiger partial charge in [-0.15, -0.1) is 0 Å². The quantitative estimate of drug-likeness (QED) is 0.415. The lowest BCUT2D eigenvalue weighted by Gasteiger charge is -2.29. The van der Waals surface area contributed by atoms with Crippen molar-refractivity contribution in [2.75, 3.05) is 78.5 Å². The highest BCUT2D eigenvalue weighted by Gasteiger charge is 2.29. The molecule has 160 valence electrons. The van der Waals surface area contributed by atoms with E-state index in [2.05, 4.69) is 31.1 Å². The Kier molecular flexibility index (Phi) is 8.98. The van der Waals surface area contributed by atoms with Crippen LogP contribution in [0.1, 0.15) is 25.7 Å². The molecule has 1 aliphatic carbocycles. The number of carbonyl (C=O) groups excluding carboxylic acids is 2. The van der Waals surface area contributed by atoms with Crippen LogP contribution in [0, 0.1) is 11.8 Å². The van der Waals surface area contributed by atoms with Gasteiger partial charge >= 0.3 is 0 Å². The summed E-state index contributed by atoms with van der Waals surface area (Å²) in [5, 5.41) is 12.9. The second-order valence-electron chi connectivity index (χ2n) is 8.31. The van der Waals surface area contributed by atoms with Gasteiger partial charge in [0.2, 0.25) is 11.8 Å². The fraction of sp³-hybridized carbons (Fsp3) is 0.900. The van der Waals surface area contributed by atoms with Crippen LogP contribution in [0.15, 0.2) is 0 Å². The summed E-state index contributed by atoms with van der Waals surface area (Å²) in [6.45, 7) is 11.7. The Morgan fingerprint density at radius 1 is 0.679 bits per heavy atom. The highest BCUT2D eigenvalue weighted by atomic mass is 16.2. The van der Waals surface area contributed by atoms with Gasteiger partial charge in [-0.1, -0.05) is 0 Å². The lowest BCUT2D eigenvalue weighted by Crippen LogP contribution is -2.47. The molecule has 0 aromatic heterocycles. The minimum atomic E-state index is 0.0768. The number of hydrogen-bond donors (Lipinski definition) is 4. The maximum atomic E-state index is 12.4. The van der Waals surface area contributed by atoms with Crippen LogP contribution in [0.5, 0.6) is 0 Å². The molecule has 3 aliphatic rings. The minimum absolute atomic E-state index is 0.0768. The van der Waals surface area contributed by atoms with Crippen molar-refractivity contribution in [1.29, 1.82) is 0 Å². The summed E-state index contributed by atoms with van der Waals surface area (Å²) < 4.78 is 0. The van der Waals surface area contributed by atoms with Crippen molar-refractivity contribution in [3.05, 3.63) is 0 Å². The Labute approximate surface area is 169 Å². The first-order valence-electron chi connectivity index (χ1n) is 11.1. The van der Waals surface area contributed by atoms with E-state index in [1.54, 1.807) is 0 Å². The van der Waals surface area contributed by atoms with Crippen molar-refractivity contribution in [3.8, 4) is 0 Å². The minimum Gasteiger partial charge on any atom is -0.355 e. The molecule has 0 unspecified atom stereocenters. The van der Waals surface area contributed by atoms with Crippen molar-refractivity contribution < 1.29 is 9.59 Å². The topological polar surface area (TPSA) is 88.7 Å². The zero-order valence-corrected chi connectivity index (χ0v) is 17.2. The van der Waals surface area contributed by atoms with E-state index in [0.717, 1.165) is 104 Å². The third-order valence-electron chi connectivity index (χ3n) is 6.34. The Morgan fingerprint density at radius 2 is 1.04 bits per heavy atom. The summed E-state index contributed by atoms with van der Waals surface area (Å²) in [5.41, 5.74) is 0. The van der Waals surface area contributed by atoms with Gasteiger partial charge in [0, 0.05) is 90.4 Å². The molecule has 3 fully saturated rings.